The number of benzene rings is 1. The van der Waals surface area contributed by atoms with Gasteiger partial charge in [-0.05, 0) is 59.1 Å². The molecule has 1 aromatic heterocycles. The molecule has 0 bridgehead atoms. The average molecular weight is 445 g/mol. The molecule has 0 spiro atoms. The van der Waals surface area contributed by atoms with E-state index in [0.29, 0.717) is 17.1 Å². The van der Waals surface area contributed by atoms with Gasteiger partial charge in [0.1, 0.15) is 5.82 Å². The van der Waals surface area contributed by atoms with Gasteiger partial charge in [-0.1, -0.05) is 18.9 Å². The number of amides is 3. The third-order valence-corrected chi connectivity index (χ3v) is 5.00. The number of halogens is 1. The van der Waals surface area contributed by atoms with Crippen LogP contribution in [0.2, 0.25) is 0 Å². The van der Waals surface area contributed by atoms with Crippen LogP contribution in [-0.4, -0.2) is 29.3 Å². The predicted octanol–water partition coefficient (Wildman–Crippen LogP) is 3.34. The fraction of sp³-hybridized carbons (Fsp3) is 0.300. The van der Waals surface area contributed by atoms with Crippen LogP contribution < -0.4 is 16.0 Å². The number of aromatic nitrogens is 1. The molecule has 0 aliphatic heterocycles. The summed E-state index contributed by atoms with van der Waals surface area (Å²) in [6.07, 6.45) is 5.49. The summed E-state index contributed by atoms with van der Waals surface area (Å²) in [5, 5.41) is 8.07. The number of anilines is 2. The minimum atomic E-state index is -0.335. The quantitative estimate of drug-likeness (QED) is 0.635. The molecule has 3 N–H and O–H groups in total. The monoisotopic (exact) mass is 444 g/mol. The van der Waals surface area contributed by atoms with Crippen molar-refractivity contribution in [3.8, 4) is 0 Å². The van der Waals surface area contributed by atoms with E-state index in [1.807, 2.05) is 0 Å². The first-order chi connectivity index (χ1) is 13.5. The maximum atomic E-state index is 12.4. The molecule has 1 saturated carbocycles. The molecule has 0 saturated heterocycles. The normalized spacial score (nSPS) is 13.8. The Morgan fingerprint density at radius 1 is 1.07 bits per heavy atom. The second-order valence-corrected chi connectivity index (χ2v) is 7.56. The van der Waals surface area contributed by atoms with Gasteiger partial charge in [-0.3, -0.25) is 14.4 Å². The number of nitrogens with one attached hydrogen (secondary N) is 3. The maximum absolute atomic E-state index is 12.4. The highest BCUT2D eigenvalue weighted by atomic mass is 79.9. The third kappa shape index (κ3) is 5.63. The van der Waals surface area contributed by atoms with E-state index in [-0.39, 0.29) is 30.2 Å². The van der Waals surface area contributed by atoms with E-state index >= 15 is 0 Å². The number of nitrogens with zero attached hydrogens (tertiary/aromatic N) is 1. The summed E-state index contributed by atoms with van der Waals surface area (Å²) in [6, 6.07) is 10.0. The smallest absolute Gasteiger partial charge is 0.256 e. The summed E-state index contributed by atoms with van der Waals surface area (Å²) in [6.45, 7) is -0.0887. The van der Waals surface area contributed by atoms with Gasteiger partial charge in [0, 0.05) is 27.8 Å². The second-order valence-electron chi connectivity index (χ2n) is 6.64. The largest absolute Gasteiger partial charge is 0.347 e. The van der Waals surface area contributed by atoms with Gasteiger partial charge in [0.05, 0.1) is 6.54 Å². The van der Waals surface area contributed by atoms with E-state index in [2.05, 4.69) is 36.9 Å². The Kier molecular flexibility index (Phi) is 6.76. The van der Waals surface area contributed by atoms with Gasteiger partial charge in [-0.25, -0.2) is 4.98 Å². The van der Waals surface area contributed by atoms with Crippen LogP contribution in [0.15, 0.2) is 47.1 Å². The van der Waals surface area contributed by atoms with Gasteiger partial charge in [0.2, 0.25) is 11.8 Å². The number of carbonyl (C=O) groups is 3. The molecule has 3 rings (SSSR count). The molecule has 0 unspecified atom stereocenters. The summed E-state index contributed by atoms with van der Waals surface area (Å²) in [4.78, 5) is 40.5. The van der Waals surface area contributed by atoms with E-state index in [0.717, 1.165) is 30.2 Å². The first-order valence-corrected chi connectivity index (χ1v) is 9.91. The summed E-state index contributed by atoms with van der Waals surface area (Å²) >= 11 is 3.29. The molecule has 1 fully saturated rings. The zero-order valence-electron chi connectivity index (χ0n) is 15.2. The summed E-state index contributed by atoms with van der Waals surface area (Å²) < 4.78 is 0.815. The highest BCUT2D eigenvalue weighted by Gasteiger charge is 2.22. The van der Waals surface area contributed by atoms with Gasteiger partial charge in [0.15, 0.2) is 0 Å². The Hall–Kier alpha value is -2.74. The number of pyridine rings is 1. The molecular weight excluding hydrogens is 424 g/mol. The molecule has 1 aliphatic carbocycles. The van der Waals surface area contributed by atoms with Crippen LogP contribution in [0.25, 0.3) is 0 Å². The van der Waals surface area contributed by atoms with Gasteiger partial charge in [-0.15, -0.1) is 0 Å². The Morgan fingerprint density at radius 3 is 2.57 bits per heavy atom. The van der Waals surface area contributed by atoms with Crippen molar-refractivity contribution in [2.45, 2.75) is 25.7 Å². The first-order valence-electron chi connectivity index (χ1n) is 9.12. The van der Waals surface area contributed by atoms with Crippen LogP contribution in [0.1, 0.15) is 36.0 Å². The molecule has 3 amide bonds. The van der Waals surface area contributed by atoms with Crippen LogP contribution >= 0.6 is 15.9 Å². The van der Waals surface area contributed by atoms with E-state index in [9.17, 15) is 14.4 Å². The minimum absolute atomic E-state index is 0.0204. The molecule has 146 valence electrons. The van der Waals surface area contributed by atoms with Crippen LogP contribution in [0.5, 0.6) is 0 Å². The molecule has 0 atom stereocenters. The lowest BCUT2D eigenvalue weighted by molar-refractivity contribution is -0.127. The second kappa shape index (κ2) is 9.45. The van der Waals surface area contributed by atoms with E-state index < -0.39 is 0 Å². The molecule has 0 radical (unpaired) electrons. The zero-order chi connectivity index (χ0) is 19.9. The van der Waals surface area contributed by atoms with E-state index in [1.54, 1.807) is 42.6 Å². The zero-order valence-corrected chi connectivity index (χ0v) is 16.8. The number of hydrogen-bond acceptors (Lipinski definition) is 4. The Morgan fingerprint density at radius 2 is 1.86 bits per heavy atom. The highest BCUT2D eigenvalue weighted by molar-refractivity contribution is 9.10. The van der Waals surface area contributed by atoms with Crippen molar-refractivity contribution in [2.24, 2.45) is 5.92 Å². The molecule has 7 nitrogen and oxygen atoms in total. The fourth-order valence-corrected chi connectivity index (χ4v) is 3.32. The van der Waals surface area contributed by atoms with Gasteiger partial charge >= 0.3 is 0 Å². The number of carbonyl (C=O) groups excluding carboxylic acids is 3. The number of hydrogen-bond donors (Lipinski definition) is 3. The summed E-state index contributed by atoms with van der Waals surface area (Å²) in [7, 11) is 0. The Labute approximate surface area is 171 Å². The third-order valence-electron chi connectivity index (χ3n) is 4.53. The summed E-state index contributed by atoms with van der Waals surface area (Å²) in [5.74, 6) is -0.286. The van der Waals surface area contributed by atoms with Crippen molar-refractivity contribution in [3.05, 3.63) is 52.6 Å². The van der Waals surface area contributed by atoms with Crippen molar-refractivity contribution in [1.82, 2.24) is 10.3 Å². The predicted molar refractivity (Wildman–Crippen MR) is 110 cm³/mol. The van der Waals surface area contributed by atoms with E-state index in [4.69, 9.17) is 0 Å². The molecular formula is C20H21BrN4O3. The molecule has 1 heterocycles. The molecule has 28 heavy (non-hydrogen) atoms. The fourth-order valence-electron chi connectivity index (χ4n) is 3.08. The van der Waals surface area contributed by atoms with Crippen LogP contribution in [0.3, 0.4) is 0 Å². The lowest BCUT2D eigenvalue weighted by Gasteiger charge is -2.11. The van der Waals surface area contributed by atoms with Crippen molar-refractivity contribution in [2.75, 3.05) is 17.2 Å². The highest BCUT2D eigenvalue weighted by Crippen LogP contribution is 2.24. The van der Waals surface area contributed by atoms with Crippen LogP contribution in [0, 0.1) is 5.92 Å². The average Bonchev–Trinajstić information content (AvgIpc) is 3.23. The topological polar surface area (TPSA) is 100 Å². The molecule has 8 heteroatoms. The SMILES string of the molecule is O=C(CNC(=O)C1CCCC1)Nc1cccc(C(=O)Nc2ccc(Br)cn2)c1. The van der Waals surface area contributed by atoms with Gasteiger partial charge < -0.3 is 16.0 Å². The lowest BCUT2D eigenvalue weighted by atomic mass is 10.1. The standard InChI is InChI=1S/C20H21BrN4O3/c21-15-8-9-17(22-11-15)25-20(28)14-6-3-7-16(10-14)24-18(26)12-23-19(27)13-4-1-2-5-13/h3,6-11,13H,1-2,4-5,12H2,(H,23,27)(H,24,26)(H,22,25,28). The van der Waals surface area contributed by atoms with Crippen molar-refractivity contribution < 1.29 is 14.4 Å². The first kappa shape index (κ1) is 20.0. The van der Waals surface area contributed by atoms with E-state index in [1.165, 1.54) is 0 Å². The molecule has 1 aromatic carbocycles. The van der Waals surface area contributed by atoms with Gasteiger partial charge in [0.25, 0.3) is 5.91 Å². The Balaban J connectivity index is 1.53. The Bertz CT molecular complexity index is 864. The van der Waals surface area contributed by atoms with Crippen molar-refractivity contribution >= 4 is 45.2 Å². The van der Waals surface area contributed by atoms with Crippen LogP contribution in [-0.2, 0) is 9.59 Å². The number of rotatable bonds is 6. The minimum Gasteiger partial charge on any atom is -0.347 e. The van der Waals surface area contributed by atoms with Crippen molar-refractivity contribution in [1.29, 1.82) is 0 Å². The van der Waals surface area contributed by atoms with Crippen LogP contribution in [0.4, 0.5) is 11.5 Å². The molecule has 2 aromatic rings. The van der Waals surface area contributed by atoms with Gasteiger partial charge in [-0.2, -0.15) is 0 Å². The summed E-state index contributed by atoms with van der Waals surface area (Å²) in [5.41, 5.74) is 0.869. The molecule has 1 aliphatic rings. The van der Waals surface area contributed by atoms with Crippen molar-refractivity contribution in [3.63, 3.8) is 0 Å². The maximum Gasteiger partial charge on any atom is 0.256 e. The lowest BCUT2D eigenvalue weighted by Crippen LogP contribution is -2.36.